The summed E-state index contributed by atoms with van der Waals surface area (Å²) in [5, 5.41) is 3.68. The molecule has 0 radical (unpaired) electrons. The Kier molecular flexibility index (Phi) is 4.68. The number of piperidine rings is 1. The Morgan fingerprint density at radius 3 is 2.83 bits per heavy atom. The fraction of sp³-hybridized carbons (Fsp3) is 1.00. The normalized spacial score (nSPS) is 38.5. The van der Waals surface area contributed by atoms with Gasteiger partial charge in [-0.05, 0) is 65.0 Å². The molecule has 0 amide bonds. The summed E-state index contributed by atoms with van der Waals surface area (Å²) >= 11 is 0. The van der Waals surface area contributed by atoms with Gasteiger partial charge in [-0.15, -0.1) is 0 Å². The highest BCUT2D eigenvalue weighted by atomic mass is 16.5. The maximum Gasteiger partial charge on any atom is 0.0641 e. The van der Waals surface area contributed by atoms with Gasteiger partial charge in [0.15, 0.2) is 0 Å². The minimum absolute atomic E-state index is 0.208. The highest BCUT2D eigenvalue weighted by Crippen LogP contribution is 2.34. The smallest absolute Gasteiger partial charge is 0.0641 e. The third kappa shape index (κ3) is 3.25. The number of methoxy groups -OCH3 is 1. The van der Waals surface area contributed by atoms with Gasteiger partial charge in [0.1, 0.15) is 0 Å². The lowest BCUT2D eigenvalue weighted by atomic mass is 9.81. The molecule has 3 nitrogen and oxygen atoms in total. The fourth-order valence-corrected chi connectivity index (χ4v) is 3.76. The van der Waals surface area contributed by atoms with Gasteiger partial charge in [0.25, 0.3) is 0 Å². The number of hydrogen-bond donors (Lipinski definition) is 1. The van der Waals surface area contributed by atoms with Gasteiger partial charge >= 0.3 is 0 Å². The van der Waals surface area contributed by atoms with Gasteiger partial charge in [0, 0.05) is 25.2 Å². The molecule has 18 heavy (non-hydrogen) atoms. The first-order valence-corrected chi connectivity index (χ1v) is 7.52. The van der Waals surface area contributed by atoms with E-state index in [1.165, 1.54) is 38.9 Å². The molecule has 3 atom stereocenters. The maximum atomic E-state index is 5.35. The van der Waals surface area contributed by atoms with Crippen molar-refractivity contribution in [3.05, 3.63) is 0 Å². The van der Waals surface area contributed by atoms with Crippen LogP contribution in [0.2, 0.25) is 0 Å². The third-order valence-electron chi connectivity index (χ3n) is 4.85. The Morgan fingerprint density at radius 2 is 2.17 bits per heavy atom. The molecular weight excluding hydrogens is 224 g/mol. The number of likely N-dealkylation sites (tertiary alicyclic amines) is 1. The van der Waals surface area contributed by atoms with Crippen molar-refractivity contribution < 1.29 is 4.74 Å². The SMILES string of the molecule is COCC1(C)CC(C2CCCN(C(C)C)C2)CN1. The van der Waals surface area contributed by atoms with Gasteiger partial charge in [-0.2, -0.15) is 0 Å². The summed E-state index contributed by atoms with van der Waals surface area (Å²) in [7, 11) is 1.81. The van der Waals surface area contributed by atoms with E-state index in [1.54, 1.807) is 7.11 Å². The van der Waals surface area contributed by atoms with Crippen LogP contribution < -0.4 is 5.32 Å². The second-order valence-electron chi connectivity index (χ2n) is 6.83. The van der Waals surface area contributed by atoms with E-state index in [0.29, 0.717) is 6.04 Å². The van der Waals surface area contributed by atoms with E-state index in [2.05, 4.69) is 31.0 Å². The van der Waals surface area contributed by atoms with Crippen LogP contribution in [0.5, 0.6) is 0 Å². The van der Waals surface area contributed by atoms with Crippen molar-refractivity contribution in [1.29, 1.82) is 0 Å². The Balaban J connectivity index is 1.89. The molecule has 1 N–H and O–H groups in total. The number of nitrogens with zero attached hydrogens (tertiary/aromatic N) is 1. The van der Waals surface area contributed by atoms with E-state index in [1.807, 2.05) is 0 Å². The lowest BCUT2D eigenvalue weighted by Crippen LogP contribution is -2.42. The lowest BCUT2D eigenvalue weighted by molar-refractivity contribution is 0.100. The van der Waals surface area contributed by atoms with Crippen molar-refractivity contribution in [2.24, 2.45) is 11.8 Å². The number of ether oxygens (including phenoxy) is 1. The van der Waals surface area contributed by atoms with Crippen molar-refractivity contribution in [1.82, 2.24) is 10.2 Å². The van der Waals surface area contributed by atoms with E-state index in [9.17, 15) is 0 Å². The second kappa shape index (κ2) is 5.89. The standard InChI is InChI=1S/C15H30N2O/c1-12(2)17-7-5-6-13(10-17)14-8-15(3,11-18-4)16-9-14/h12-14,16H,5-11H2,1-4H3. The molecule has 2 aliphatic heterocycles. The molecule has 2 rings (SSSR count). The van der Waals surface area contributed by atoms with Crippen molar-refractivity contribution in [2.75, 3.05) is 33.4 Å². The van der Waals surface area contributed by atoms with E-state index >= 15 is 0 Å². The Labute approximate surface area is 112 Å². The minimum Gasteiger partial charge on any atom is -0.383 e. The predicted octanol–water partition coefficient (Wildman–Crippen LogP) is 2.12. The van der Waals surface area contributed by atoms with Crippen LogP contribution in [0, 0.1) is 11.8 Å². The van der Waals surface area contributed by atoms with Crippen molar-refractivity contribution in [3.8, 4) is 0 Å². The zero-order chi connectivity index (χ0) is 13.2. The first-order valence-electron chi connectivity index (χ1n) is 7.52. The summed E-state index contributed by atoms with van der Waals surface area (Å²) in [4.78, 5) is 2.65. The molecule has 3 unspecified atom stereocenters. The third-order valence-corrected chi connectivity index (χ3v) is 4.85. The Hall–Kier alpha value is -0.120. The molecular formula is C15H30N2O. The number of nitrogens with one attached hydrogen (secondary N) is 1. The van der Waals surface area contributed by atoms with E-state index in [0.717, 1.165) is 18.4 Å². The summed E-state index contributed by atoms with van der Waals surface area (Å²) in [5.41, 5.74) is 0.208. The van der Waals surface area contributed by atoms with Crippen molar-refractivity contribution in [3.63, 3.8) is 0 Å². The molecule has 0 bridgehead atoms. The average Bonchev–Trinajstić information content (AvgIpc) is 2.72. The van der Waals surface area contributed by atoms with E-state index in [-0.39, 0.29) is 5.54 Å². The molecule has 0 aromatic heterocycles. The summed E-state index contributed by atoms with van der Waals surface area (Å²) in [6, 6.07) is 0.701. The van der Waals surface area contributed by atoms with E-state index < -0.39 is 0 Å². The number of rotatable bonds is 4. The summed E-state index contributed by atoms with van der Waals surface area (Å²) < 4.78 is 5.35. The van der Waals surface area contributed by atoms with Crippen LogP contribution in [-0.2, 0) is 4.74 Å². The van der Waals surface area contributed by atoms with Crippen LogP contribution >= 0.6 is 0 Å². The quantitative estimate of drug-likeness (QED) is 0.832. The van der Waals surface area contributed by atoms with Crippen LogP contribution in [-0.4, -0.2) is 49.8 Å². The van der Waals surface area contributed by atoms with Gasteiger partial charge < -0.3 is 15.0 Å². The molecule has 0 aromatic carbocycles. The monoisotopic (exact) mass is 254 g/mol. The summed E-state index contributed by atoms with van der Waals surface area (Å²) in [5.74, 6) is 1.72. The number of hydrogen-bond acceptors (Lipinski definition) is 3. The van der Waals surface area contributed by atoms with Gasteiger partial charge in [-0.1, -0.05) is 0 Å². The Bertz CT molecular complexity index is 269. The van der Waals surface area contributed by atoms with Gasteiger partial charge in [-0.3, -0.25) is 0 Å². The molecule has 0 aliphatic carbocycles. The average molecular weight is 254 g/mol. The zero-order valence-electron chi connectivity index (χ0n) is 12.5. The second-order valence-corrected chi connectivity index (χ2v) is 6.83. The molecule has 2 fully saturated rings. The molecule has 2 saturated heterocycles. The first kappa shape index (κ1) is 14.3. The van der Waals surface area contributed by atoms with Crippen LogP contribution in [0.15, 0.2) is 0 Å². The summed E-state index contributed by atoms with van der Waals surface area (Å²) in [6.45, 7) is 11.6. The minimum atomic E-state index is 0.208. The highest BCUT2D eigenvalue weighted by Gasteiger charge is 2.39. The largest absolute Gasteiger partial charge is 0.383 e. The van der Waals surface area contributed by atoms with Gasteiger partial charge in [-0.25, -0.2) is 0 Å². The van der Waals surface area contributed by atoms with Crippen LogP contribution in [0.3, 0.4) is 0 Å². The molecule has 106 valence electrons. The Morgan fingerprint density at radius 1 is 1.39 bits per heavy atom. The van der Waals surface area contributed by atoms with Crippen LogP contribution in [0.1, 0.15) is 40.0 Å². The van der Waals surface area contributed by atoms with E-state index in [4.69, 9.17) is 4.74 Å². The zero-order valence-corrected chi connectivity index (χ0v) is 12.5. The van der Waals surface area contributed by atoms with Crippen molar-refractivity contribution in [2.45, 2.75) is 51.6 Å². The highest BCUT2D eigenvalue weighted by molar-refractivity contribution is 4.96. The first-order chi connectivity index (χ1) is 8.54. The molecule has 2 aliphatic rings. The molecule has 3 heteroatoms. The molecule has 0 spiro atoms. The fourth-order valence-electron chi connectivity index (χ4n) is 3.76. The molecule has 0 saturated carbocycles. The van der Waals surface area contributed by atoms with Gasteiger partial charge in [0.05, 0.1) is 6.61 Å². The van der Waals surface area contributed by atoms with Crippen LogP contribution in [0.4, 0.5) is 0 Å². The topological polar surface area (TPSA) is 24.5 Å². The van der Waals surface area contributed by atoms with Gasteiger partial charge in [0.2, 0.25) is 0 Å². The maximum absolute atomic E-state index is 5.35. The molecule has 2 heterocycles. The lowest BCUT2D eigenvalue weighted by Gasteiger charge is -2.38. The predicted molar refractivity (Wildman–Crippen MR) is 75.8 cm³/mol. The summed E-state index contributed by atoms with van der Waals surface area (Å²) in [6.07, 6.45) is 4.07. The molecule has 0 aromatic rings. The van der Waals surface area contributed by atoms with Crippen LogP contribution in [0.25, 0.3) is 0 Å². The van der Waals surface area contributed by atoms with Crippen molar-refractivity contribution >= 4 is 0 Å².